The van der Waals surface area contributed by atoms with Gasteiger partial charge in [-0.1, -0.05) is 20.4 Å². The van der Waals surface area contributed by atoms with Crippen molar-refractivity contribution >= 4 is 11.6 Å². The van der Waals surface area contributed by atoms with Crippen LogP contribution in [0.25, 0.3) is 0 Å². The molecule has 5 fully saturated rings. The van der Waals surface area contributed by atoms with Crippen molar-refractivity contribution in [1.82, 2.24) is 0 Å². The number of carbonyl (C=O) groups excluding carboxylic acids is 2. The summed E-state index contributed by atoms with van der Waals surface area (Å²) >= 11 is 0. The van der Waals surface area contributed by atoms with Crippen molar-refractivity contribution < 1.29 is 18.7 Å². The lowest BCUT2D eigenvalue weighted by Gasteiger charge is -2.58. The van der Waals surface area contributed by atoms with Gasteiger partial charge in [0, 0.05) is 17.3 Å². The van der Waals surface area contributed by atoms with Crippen molar-refractivity contribution in [3.8, 4) is 0 Å². The molecule has 3 nitrogen and oxygen atoms in total. The fourth-order valence-corrected chi connectivity index (χ4v) is 7.26. The molecule has 0 bridgehead atoms. The van der Waals surface area contributed by atoms with Gasteiger partial charge in [-0.25, -0.2) is 4.39 Å². The number of halogens is 1. The number of Topliss-reactive ketones (excluding diaryl/α,β-unsaturated/α-hetero) is 2. The summed E-state index contributed by atoms with van der Waals surface area (Å²) in [6, 6.07) is 0. The van der Waals surface area contributed by atoms with Gasteiger partial charge < -0.3 is 4.74 Å². The Kier molecular flexibility index (Phi) is 2.67. The van der Waals surface area contributed by atoms with E-state index in [2.05, 4.69) is 13.5 Å². The van der Waals surface area contributed by atoms with Crippen LogP contribution in [0.1, 0.15) is 52.4 Å². The molecule has 8 atom stereocenters. The van der Waals surface area contributed by atoms with Crippen LogP contribution in [0.2, 0.25) is 0 Å². The van der Waals surface area contributed by atoms with Crippen molar-refractivity contribution in [3.05, 3.63) is 12.2 Å². The molecule has 5 aliphatic rings. The summed E-state index contributed by atoms with van der Waals surface area (Å²) in [5.74, 6) is 0.848. The first-order chi connectivity index (χ1) is 11.3. The summed E-state index contributed by atoms with van der Waals surface area (Å²) in [5, 5.41) is 0. The van der Waals surface area contributed by atoms with E-state index in [1.807, 2.05) is 6.92 Å². The van der Waals surface area contributed by atoms with Crippen LogP contribution in [0.4, 0.5) is 4.39 Å². The third kappa shape index (κ3) is 1.41. The van der Waals surface area contributed by atoms with Gasteiger partial charge in [-0.15, -0.1) is 0 Å². The van der Waals surface area contributed by atoms with Crippen LogP contribution >= 0.6 is 0 Å². The molecule has 24 heavy (non-hydrogen) atoms. The maximum Gasteiger partial charge on any atom is 0.173 e. The van der Waals surface area contributed by atoms with Gasteiger partial charge in [0.05, 0.1) is 0 Å². The molecule has 4 heteroatoms. The van der Waals surface area contributed by atoms with Gasteiger partial charge in [0.15, 0.2) is 23.8 Å². The molecule has 0 aromatic carbocycles. The average Bonchev–Trinajstić information content (AvgIpc) is 3.26. The third-order valence-corrected chi connectivity index (χ3v) is 8.61. The molecule has 5 rings (SSSR count). The van der Waals surface area contributed by atoms with E-state index in [0.29, 0.717) is 24.7 Å². The molecule has 130 valence electrons. The van der Waals surface area contributed by atoms with E-state index < -0.39 is 17.2 Å². The summed E-state index contributed by atoms with van der Waals surface area (Å²) in [5.41, 5.74) is -0.0432. The minimum absolute atomic E-state index is 0.0929. The fourth-order valence-electron chi connectivity index (χ4n) is 7.26. The maximum atomic E-state index is 14.2. The number of alkyl halides is 1. The SMILES string of the molecule is C=C1C[C@@H]2[C@@H](CC[C@]3(C)C(=O)C(F)C[C@@H]23)[C@@]2(C)CCC(=O)C3OC132. The Balaban J connectivity index is 1.57. The number of hydrogen-bond acceptors (Lipinski definition) is 3. The molecule has 0 N–H and O–H groups in total. The minimum Gasteiger partial charge on any atom is -0.352 e. The van der Waals surface area contributed by atoms with Gasteiger partial charge >= 0.3 is 0 Å². The van der Waals surface area contributed by atoms with E-state index in [-0.39, 0.29) is 29.0 Å². The number of epoxide rings is 1. The first-order valence-corrected chi connectivity index (χ1v) is 9.33. The number of hydrogen-bond donors (Lipinski definition) is 0. The van der Waals surface area contributed by atoms with Crippen LogP contribution in [0, 0.1) is 28.6 Å². The number of ether oxygens (including phenoxy) is 1. The Morgan fingerprint density at radius 3 is 2.71 bits per heavy atom. The van der Waals surface area contributed by atoms with Crippen molar-refractivity contribution in [2.45, 2.75) is 70.2 Å². The van der Waals surface area contributed by atoms with Crippen LogP contribution in [0.15, 0.2) is 12.2 Å². The number of rotatable bonds is 0. The second kappa shape index (κ2) is 4.20. The molecule has 0 amide bonds. The maximum absolute atomic E-state index is 14.2. The molecule has 3 unspecified atom stereocenters. The first-order valence-electron chi connectivity index (χ1n) is 9.33. The predicted octanol–water partition coefficient (Wildman–Crippen LogP) is 3.41. The fraction of sp³-hybridized carbons (Fsp3) is 0.800. The molecule has 1 heterocycles. The lowest BCUT2D eigenvalue weighted by Crippen LogP contribution is -2.59. The molecular weight excluding hydrogens is 307 g/mol. The molecule has 0 radical (unpaired) electrons. The molecular formula is C20H25FO3. The van der Waals surface area contributed by atoms with Crippen LogP contribution < -0.4 is 0 Å². The van der Waals surface area contributed by atoms with Crippen LogP contribution in [-0.2, 0) is 14.3 Å². The van der Waals surface area contributed by atoms with Gasteiger partial charge in [-0.05, 0) is 55.4 Å². The largest absolute Gasteiger partial charge is 0.352 e. The third-order valence-electron chi connectivity index (χ3n) is 8.61. The number of carbonyl (C=O) groups is 2. The zero-order valence-corrected chi connectivity index (χ0v) is 14.4. The number of ketones is 2. The molecule has 1 aliphatic heterocycles. The van der Waals surface area contributed by atoms with E-state index in [4.69, 9.17) is 4.74 Å². The smallest absolute Gasteiger partial charge is 0.173 e. The summed E-state index contributed by atoms with van der Waals surface area (Å²) in [6.07, 6.45) is 2.68. The molecule has 0 aromatic rings. The zero-order valence-electron chi connectivity index (χ0n) is 14.4. The minimum atomic E-state index is -1.30. The van der Waals surface area contributed by atoms with Gasteiger partial charge in [0.1, 0.15) is 5.60 Å². The molecule has 0 aromatic heterocycles. The van der Waals surface area contributed by atoms with Gasteiger partial charge in [0.25, 0.3) is 0 Å². The monoisotopic (exact) mass is 332 g/mol. The van der Waals surface area contributed by atoms with Crippen molar-refractivity contribution in [2.75, 3.05) is 0 Å². The highest BCUT2D eigenvalue weighted by Crippen LogP contribution is 2.73. The highest BCUT2D eigenvalue weighted by Gasteiger charge is 2.78. The Hall–Kier alpha value is -1.03. The predicted molar refractivity (Wildman–Crippen MR) is 86.0 cm³/mol. The summed E-state index contributed by atoms with van der Waals surface area (Å²) < 4.78 is 20.3. The van der Waals surface area contributed by atoms with Gasteiger partial charge in [-0.3, -0.25) is 9.59 Å². The Morgan fingerprint density at radius 2 is 1.96 bits per heavy atom. The van der Waals surface area contributed by atoms with Crippen molar-refractivity contribution in [1.29, 1.82) is 0 Å². The lowest BCUT2D eigenvalue weighted by molar-refractivity contribution is -0.138. The lowest BCUT2D eigenvalue weighted by atomic mass is 9.44. The average molecular weight is 332 g/mol. The van der Waals surface area contributed by atoms with Crippen molar-refractivity contribution in [3.63, 3.8) is 0 Å². The van der Waals surface area contributed by atoms with E-state index in [1.165, 1.54) is 0 Å². The summed E-state index contributed by atoms with van der Waals surface area (Å²) in [6.45, 7) is 8.54. The van der Waals surface area contributed by atoms with Crippen molar-refractivity contribution in [2.24, 2.45) is 28.6 Å². The highest BCUT2D eigenvalue weighted by molar-refractivity contribution is 5.92. The molecule has 1 spiro atoms. The van der Waals surface area contributed by atoms with E-state index >= 15 is 0 Å². The van der Waals surface area contributed by atoms with E-state index in [0.717, 1.165) is 31.3 Å². The number of fused-ring (bicyclic) bond motifs is 4. The topological polar surface area (TPSA) is 46.7 Å². The summed E-state index contributed by atoms with van der Waals surface area (Å²) in [7, 11) is 0. The van der Waals surface area contributed by atoms with Gasteiger partial charge in [0.2, 0.25) is 0 Å². The standard InChI is InChI=1S/C20H25FO3/c1-10-8-11-12(4-6-18(2)13(11)9-14(21)16(18)23)19(3)7-5-15(22)17-20(10,19)24-17/h11-14,17H,1,4-9H2,2-3H3/t11-,12-,13+,14?,17?,18+,19-,20?/m1/s1. The van der Waals surface area contributed by atoms with Gasteiger partial charge in [-0.2, -0.15) is 0 Å². The second-order valence-corrected chi connectivity index (χ2v) is 9.33. The molecule has 1 saturated heterocycles. The summed E-state index contributed by atoms with van der Waals surface area (Å²) in [4.78, 5) is 24.6. The quantitative estimate of drug-likeness (QED) is 0.504. The van der Waals surface area contributed by atoms with E-state index in [9.17, 15) is 14.0 Å². The first kappa shape index (κ1) is 15.2. The zero-order chi connectivity index (χ0) is 17.1. The van der Waals surface area contributed by atoms with Crippen LogP contribution in [0.3, 0.4) is 0 Å². The Morgan fingerprint density at radius 1 is 1.21 bits per heavy atom. The van der Waals surface area contributed by atoms with E-state index in [1.54, 1.807) is 0 Å². The van der Waals surface area contributed by atoms with Crippen LogP contribution in [0.5, 0.6) is 0 Å². The normalized spacial score (nSPS) is 58.6. The second-order valence-electron chi connectivity index (χ2n) is 9.33. The molecule has 4 aliphatic carbocycles. The molecule has 4 saturated carbocycles. The highest BCUT2D eigenvalue weighted by atomic mass is 19.1. The Bertz CT molecular complexity index is 686. The van der Waals surface area contributed by atoms with Crippen LogP contribution in [-0.4, -0.2) is 29.4 Å². The Labute approximate surface area is 142 Å².